The zero-order chi connectivity index (χ0) is 24.4. The molecule has 0 amide bonds. The van der Waals surface area contributed by atoms with E-state index in [1.54, 1.807) is 25.6 Å². The van der Waals surface area contributed by atoms with Crippen LogP contribution in [0.2, 0.25) is 0 Å². The highest BCUT2D eigenvalue weighted by atomic mass is 32.1. The van der Waals surface area contributed by atoms with E-state index in [0.29, 0.717) is 17.3 Å². The standard InChI is InChI=1S/C27H31N3O3S/c1-15(2)26(31)19-10-8-7-9-18(19)25-12-11-24(34-25)16(3)28-27-20-13-22(32-5)23(33-6)14-21(20)29-17(4)30-27/h7-16,26,31H,1-6H3,(H,28,29,30). The number of nitrogens with zero attached hydrogens (tertiary/aromatic N) is 2. The van der Waals surface area contributed by atoms with Gasteiger partial charge in [0.05, 0.1) is 31.9 Å². The first-order valence-electron chi connectivity index (χ1n) is 11.4. The number of aliphatic hydroxyl groups excluding tert-OH is 1. The third kappa shape index (κ3) is 4.72. The Morgan fingerprint density at radius 3 is 2.35 bits per heavy atom. The van der Waals surface area contributed by atoms with Gasteiger partial charge in [0, 0.05) is 21.2 Å². The highest BCUT2D eigenvalue weighted by molar-refractivity contribution is 7.15. The maximum Gasteiger partial charge on any atom is 0.162 e. The van der Waals surface area contributed by atoms with Gasteiger partial charge in [0.2, 0.25) is 0 Å². The van der Waals surface area contributed by atoms with Gasteiger partial charge in [0.15, 0.2) is 11.5 Å². The zero-order valence-electron chi connectivity index (χ0n) is 20.4. The smallest absolute Gasteiger partial charge is 0.162 e. The average molecular weight is 478 g/mol. The molecule has 0 saturated carbocycles. The summed E-state index contributed by atoms with van der Waals surface area (Å²) >= 11 is 1.72. The number of benzene rings is 2. The van der Waals surface area contributed by atoms with E-state index in [4.69, 9.17) is 9.47 Å². The van der Waals surface area contributed by atoms with Crippen molar-refractivity contribution in [2.75, 3.05) is 19.5 Å². The van der Waals surface area contributed by atoms with Crippen LogP contribution in [0, 0.1) is 12.8 Å². The summed E-state index contributed by atoms with van der Waals surface area (Å²) in [6.07, 6.45) is -0.500. The van der Waals surface area contributed by atoms with Crippen molar-refractivity contribution in [3.63, 3.8) is 0 Å². The van der Waals surface area contributed by atoms with Crippen molar-refractivity contribution < 1.29 is 14.6 Å². The van der Waals surface area contributed by atoms with E-state index < -0.39 is 6.10 Å². The maximum absolute atomic E-state index is 10.7. The van der Waals surface area contributed by atoms with Crippen LogP contribution in [-0.4, -0.2) is 29.3 Å². The van der Waals surface area contributed by atoms with E-state index in [1.807, 2.05) is 51.1 Å². The Bertz CT molecular complexity index is 1300. The number of aryl methyl sites for hydroxylation is 1. The minimum atomic E-state index is -0.500. The fourth-order valence-electron chi connectivity index (χ4n) is 4.03. The Balaban J connectivity index is 1.66. The third-order valence-corrected chi connectivity index (χ3v) is 7.20. The number of anilines is 1. The number of thiophene rings is 1. The van der Waals surface area contributed by atoms with Gasteiger partial charge in [0.1, 0.15) is 11.6 Å². The average Bonchev–Trinajstić information content (AvgIpc) is 3.33. The minimum absolute atomic E-state index is 0.0199. The molecule has 0 aliphatic heterocycles. The molecule has 2 atom stereocenters. The number of fused-ring (bicyclic) bond motifs is 1. The molecule has 0 aliphatic rings. The maximum atomic E-state index is 10.7. The fourth-order valence-corrected chi connectivity index (χ4v) is 5.08. The number of aromatic nitrogens is 2. The van der Waals surface area contributed by atoms with Crippen LogP contribution in [0.3, 0.4) is 0 Å². The normalized spacial score (nSPS) is 13.2. The largest absolute Gasteiger partial charge is 0.493 e. The number of aliphatic hydroxyl groups is 1. The van der Waals surface area contributed by atoms with Crippen LogP contribution in [-0.2, 0) is 0 Å². The number of nitrogens with one attached hydrogen (secondary N) is 1. The van der Waals surface area contributed by atoms with Crippen LogP contribution in [0.1, 0.15) is 49.2 Å². The van der Waals surface area contributed by atoms with Crippen molar-refractivity contribution in [2.45, 2.75) is 39.8 Å². The molecule has 0 fully saturated rings. The SMILES string of the molecule is COc1cc2nc(C)nc(NC(C)c3ccc(-c4ccccc4C(O)C(C)C)s3)c2cc1OC. The lowest BCUT2D eigenvalue weighted by Crippen LogP contribution is -2.08. The molecule has 34 heavy (non-hydrogen) atoms. The molecule has 0 saturated heterocycles. The Hall–Kier alpha value is -3.16. The molecule has 0 radical (unpaired) electrons. The Morgan fingerprint density at radius 2 is 1.65 bits per heavy atom. The van der Waals surface area contributed by atoms with Crippen LogP contribution < -0.4 is 14.8 Å². The first-order valence-corrected chi connectivity index (χ1v) is 12.2. The summed E-state index contributed by atoms with van der Waals surface area (Å²) in [7, 11) is 3.24. The molecular weight excluding hydrogens is 446 g/mol. The zero-order valence-corrected chi connectivity index (χ0v) is 21.2. The summed E-state index contributed by atoms with van der Waals surface area (Å²) in [6.45, 7) is 8.07. The number of hydrogen-bond acceptors (Lipinski definition) is 7. The molecule has 0 bridgehead atoms. The lowest BCUT2D eigenvalue weighted by atomic mass is 9.94. The van der Waals surface area contributed by atoms with Gasteiger partial charge in [-0.3, -0.25) is 0 Å². The summed E-state index contributed by atoms with van der Waals surface area (Å²) in [4.78, 5) is 11.6. The van der Waals surface area contributed by atoms with Gasteiger partial charge < -0.3 is 19.9 Å². The van der Waals surface area contributed by atoms with Crippen molar-refractivity contribution in [2.24, 2.45) is 5.92 Å². The third-order valence-electron chi connectivity index (χ3n) is 5.90. The lowest BCUT2D eigenvalue weighted by Gasteiger charge is -2.18. The molecule has 6 nitrogen and oxygen atoms in total. The first-order chi connectivity index (χ1) is 16.3. The van der Waals surface area contributed by atoms with E-state index in [-0.39, 0.29) is 12.0 Å². The Labute approximate surface area is 204 Å². The topological polar surface area (TPSA) is 76.5 Å². The minimum Gasteiger partial charge on any atom is -0.493 e. The molecule has 4 aromatic rings. The predicted molar refractivity (Wildman–Crippen MR) is 139 cm³/mol. The van der Waals surface area contributed by atoms with Crippen molar-refractivity contribution in [3.8, 4) is 21.9 Å². The van der Waals surface area contributed by atoms with Crippen LogP contribution >= 0.6 is 11.3 Å². The second kappa shape index (κ2) is 9.99. The van der Waals surface area contributed by atoms with Gasteiger partial charge in [-0.05, 0) is 49.1 Å². The van der Waals surface area contributed by atoms with E-state index >= 15 is 0 Å². The van der Waals surface area contributed by atoms with Crippen LogP contribution in [0.15, 0.2) is 48.5 Å². The first kappa shape index (κ1) is 24.0. The number of methoxy groups -OCH3 is 2. The molecule has 7 heteroatoms. The van der Waals surface area contributed by atoms with Gasteiger partial charge in [-0.15, -0.1) is 11.3 Å². The molecule has 2 unspecified atom stereocenters. The second-order valence-electron chi connectivity index (χ2n) is 8.69. The molecule has 2 aromatic carbocycles. The molecule has 2 heterocycles. The van der Waals surface area contributed by atoms with Gasteiger partial charge >= 0.3 is 0 Å². The summed E-state index contributed by atoms with van der Waals surface area (Å²) in [5, 5.41) is 15.2. The summed E-state index contributed by atoms with van der Waals surface area (Å²) < 4.78 is 10.9. The Morgan fingerprint density at radius 1 is 0.941 bits per heavy atom. The second-order valence-corrected chi connectivity index (χ2v) is 9.80. The molecule has 4 rings (SSSR count). The highest BCUT2D eigenvalue weighted by Crippen LogP contribution is 2.39. The molecule has 178 valence electrons. The quantitative estimate of drug-likeness (QED) is 0.300. The number of rotatable bonds is 8. The Kier molecular flexibility index (Phi) is 7.05. The molecule has 2 N–H and O–H groups in total. The van der Waals surface area contributed by atoms with Crippen molar-refractivity contribution in [1.29, 1.82) is 0 Å². The van der Waals surface area contributed by atoms with Crippen molar-refractivity contribution in [3.05, 3.63) is 64.8 Å². The fraction of sp³-hybridized carbons (Fsp3) is 0.333. The summed E-state index contributed by atoms with van der Waals surface area (Å²) in [5.74, 6) is 2.85. The molecule has 2 aromatic heterocycles. The van der Waals surface area contributed by atoms with E-state index in [1.165, 1.54) is 4.88 Å². The van der Waals surface area contributed by atoms with Crippen molar-refractivity contribution >= 4 is 28.1 Å². The number of hydrogen-bond donors (Lipinski definition) is 2. The van der Waals surface area contributed by atoms with Crippen molar-refractivity contribution in [1.82, 2.24) is 9.97 Å². The van der Waals surface area contributed by atoms with Gasteiger partial charge in [-0.2, -0.15) is 0 Å². The van der Waals surface area contributed by atoms with Crippen LogP contribution in [0.25, 0.3) is 21.3 Å². The summed E-state index contributed by atoms with van der Waals surface area (Å²) in [6, 6.07) is 16.2. The number of ether oxygens (including phenoxy) is 2. The van der Waals surface area contributed by atoms with E-state index in [0.717, 1.165) is 32.7 Å². The van der Waals surface area contributed by atoms with E-state index in [2.05, 4.69) is 40.4 Å². The molecule has 0 spiro atoms. The summed E-state index contributed by atoms with van der Waals surface area (Å²) in [5.41, 5.74) is 2.83. The predicted octanol–water partition coefficient (Wildman–Crippen LogP) is 6.55. The molecule has 0 aliphatic carbocycles. The van der Waals surface area contributed by atoms with Gasteiger partial charge in [-0.1, -0.05) is 38.1 Å². The highest BCUT2D eigenvalue weighted by Gasteiger charge is 2.19. The van der Waals surface area contributed by atoms with E-state index in [9.17, 15) is 5.11 Å². The lowest BCUT2D eigenvalue weighted by molar-refractivity contribution is 0.127. The van der Waals surface area contributed by atoms with Crippen LogP contribution in [0.5, 0.6) is 11.5 Å². The molecular formula is C27H31N3O3S. The van der Waals surface area contributed by atoms with Gasteiger partial charge in [-0.25, -0.2) is 9.97 Å². The monoisotopic (exact) mass is 477 g/mol. The van der Waals surface area contributed by atoms with Gasteiger partial charge in [0.25, 0.3) is 0 Å². The van der Waals surface area contributed by atoms with Crippen LogP contribution in [0.4, 0.5) is 5.82 Å².